The minimum atomic E-state index is -3.52. The molecule has 2 fully saturated rings. The molecule has 1 aromatic heterocycles. The van der Waals surface area contributed by atoms with Gasteiger partial charge in [-0.15, -0.1) is 11.3 Å². The summed E-state index contributed by atoms with van der Waals surface area (Å²) in [7, 11) is -3.52. The number of hydrogen-bond acceptors (Lipinski definition) is 5. The third-order valence-corrected chi connectivity index (χ3v) is 7.71. The highest BCUT2D eigenvalue weighted by atomic mass is 35.5. The molecule has 0 radical (unpaired) electrons. The highest BCUT2D eigenvalue weighted by Crippen LogP contribution is 2.35. The fraction of sp³-hybridized carbons (Fsp3) is 0.583. The third-order valence-electron chi connectivity index (χ3n) is 3.81. The van der Waals surface area contributed by atoms with Gasteiger partial charge in [0.15, 0.2) is 0 Å². The number of carbonyl (C=O) groups excluding carboxylic acids is 1. The molecule has 0 unspecified atom stereocenters. The van der Waals surface area contributed by atoms with Crippen molar-refractivity contribution in [2.24, 2.45) is 0 Å². The van der Waals surface area contributed by atoms with Crippen LogP contribution >= 0.6 is 22.9 Å². The number of piperidine rings is 1. The lowest BCUT2D eigenvalue weighted by Gasteiger charge is -2.37. The van der Waals surface area contributed by atoms with Gasteiger partial charge in [0.25, 0.3) is 10.0 Å². The second-order valence-corrected chi connectivity index (χ2v) is 9.08. The van der Waals surface area contributed by atoms with Crippen LogP contribution in [-0.4, -0.2) is 44.1 Å². The van der Waals surface area contributed by atoms with Gasteiger partial charge in [0, 0.05) is 25.9 Å². The molecular formula is C12H15ClN2O4S2. The van der Waals surface area contributed by atoms with E-state index in [1.54, 1.807) is 13.0 Å². The molecule has 2 aliphatic rings. The standard InChI is InChI=1S/C12H15ClN2O4S2/c1-8-6-10(20-11(8)13)21(17,18)15-4-2-12(3-5-15)14-9(16)7-19-12/h6H,2-5,7H2,1H3,(H,14,16). The molecule has 3 heterocycles. The summed E-state index contributed by atoms with van der Waals surface area (Å²) in [5.74, 6) is -0.146. The molecule has 0 bridgehead atoms. The molecular weight excluding hydrogens is 336 g/mol. The topological polar surface area (TPSA) is 75.7 Å². The number of nitrogens with one attached hydrogen (secondary N) is 1. The van der Waals surface area contributed by atoms with Gasteiger partial charge in [-0.25, -0.2) is 8.42 Å². The minimum absolute atomic E-state index is 0.0481. The van der Waals surface area contributed by atoms with Crippen molar-refractivity contribution in [3.63, 3.8) is 0 Å². The lowest BCUT2D eigenvalue weighted by Crippen LogP contribution is -2.52. The normalized spacial score (nSPS) is 22.7. The Morgan fingerprint density at radius 2 is 2.10 bits per heavy atom. The predicted molar refractivity (Wildman–Crippen MR) is 78.9 cm³/mol. The summed E-state index contributed by atoms with van der Waals surface area (Å²) in [4.78, 5) is 11.3. The second kappa shape index (κ2) is 5.20. The first-order valence-corrected chi connectivity index (χ1v) is 9.17. The number of amides is 1. The van der Waals surface area contributed by atoms with E-state index in [1.165, 1.54) is 4.31 Å². The van der Waals surface area contributed by atoms with Crippen LogP contribution in [0.5, 0.6) is 0 Å². The first kappa shape index (κ1) is 15.2. The van der Waals surface area contributed by atoms with Gasteiger partial charge in [-0.2, -0.15) is 4.31 Å². The quantitative estimate of drug-likeness (QED) is 0.873. The van der Waals surface area contributed by atoms with Crippen LogP contribution in [0.3, 0.4) is 0 Å². The van der Waals surface area contributed by atoms with E-state index in [9.17, 15) is 13.2 Å². The van der Waals surface area contributed by atoms with Crippen LogP contribution in [0, 0.1) is 6.92 Å². The summed E-state index contributed by atoms with van der Waals surface area (Å²) < 4.78 is 32.8. The molecule has 2 aliphatic heterocycles. The Hall–Kier alpha value is -0.670. The zero-order valence-electron chi connectivity index (χ0n) is 11.4. The number of thiophene rings is 1. The maximum absolute atomic E-state index is 12.6. The van der Waals surface area contributed by atoms with Crippen molar-refractivity contribution in [3.05, 3.63) is 16.0 Å². The van der Waals surface area contributed by atoms with Gasteiger partial charge in [-0.1, -0.05) is 11.6 Å². The predicted octanol–water partition coefficient (Wildman–Crippen LogP) is 1.34. The van der Waals surface area contributed by atoms with E-state index < -0.39 is 15.7 Å². The van der Waals surface area contributed by atoms with Crippen LogP contribution in [0.15, 0.2) is 10.3 Å². The first-order chi connectivity index (χ1) is 9.82. The minimum Gasteiger partial charge on any atom is -0.346 e. The van der Waals surface area contributed by atoms with Crippen LogP contribution in [0.2, 0.25) is 4.34 Å². The molecule has 0 atom stereocenters. The number of carbonyl (C=O) groups is 1. The second-order valence-electron chi connectivity index (χ2n) is 5.26. The number of halogens is 1. The molecule has 2 saturated heterocycles. The third kappa shape index (κ3) is 2.70. The fourth-order valence-electron chi connectivity index (χ4n) is 2.57. The molecule has 1 aromatic rings. The first-order valence-electron chi connectivity index (χ1n) is 6.53. The molecule has 1 amide bonds. The molecule has 1 spiro atoms. The van der Waals surface area contributed by atoms with E-state index in [1.807, 2.05) is 0 Å². The van der Waals surface area contributed by atoms with Gasteiger partial charge in [-0.05, 0) is 18.6 Å². The summed E-state index contributed by atoms with van der Waals surface area (Å²) in [6.45, 7) is 2.46. The highest BCUT2D eigenvalue weighted by Gasteiger charge is 2.44. The average molecular weight is 351 g/mol. The average Bonchev–Trinajstić information content (AvgIpc) is 2.95. The molecule has 6 nitrogen and oxygen atoms in total. The van der Waals surface area contributed by atoms with Gasteiger partial charge in [0.1, 0.15) is 16.5 Å². The SMILES string of the molecule is Cc1cc(S(=O)(=O)N2CCC3(CC2)NC(=O)CO3)sc1Cl. The Morgan fingerprint density at radius 1 is 1.43 bits per heavy atom. The number of rotatable bonds is 2. The van der Waals surface area contributed by atoms with E-state index in [2.05, 4.69) is 5.32 Å². The number of ether oxygens (including phenoxy) is 1. The Kier molecular flexibility index (Phi) is 3.77. The molecule has 1 N–H and O–H groups in total. The monoisotopic (exact) mass is 350 g/mol. The van der Waals surface area contributed by atoms with Gasteiger partial charge >= 0.3 is 0 Å². The summed E-state index contributed by atoms with van der Waals surface area (Å²) in [6.07, 6.45) is 0.909. The Balaban J connectivity index is 1.75. The Bertz CT molecular complexity index is 658. The largest absolute Gasteiger partial charge is 0.346 e. The van der Waals surface area contributed by atoms with Crippen LogP contribution < -0.4 is 5.32 Å². The van der Waals surface area contributed by atoms with Gasteiger partial charge < -0.3 is 10.1 Å². The van der Waals surface area contributed by atoms with E-state index in [4.69, 9.17) is 16.3 Å². The van der Waals surface area contributed by atoms with Gasteiger partial charge in [0.2, 0.25) is 5.91 Å². The fourth-order valence-corrected chi connectivity index (χ4v) is 5.88. The van der Waals surface area contributed by atoms with Crippen LogP contribution in [0.25, 0.3) is 0 Å². The number of nitrogens with zero attached hydrogens (tertiary/aromatic N) is 1. The zero-order chi connectivity index (χ0) is 15.3. The molecule has 0 aromatic carbocycles. The number of hydrogen-bond donors (Lipinski definition) is 1. The number of aryl methyl sites for hydroxylation is 1. The van der Waals surface area contributed by atoms with E-state index in [-0.39, 0.29) is 16.7 Å². The molecule has 116 valence electrons. The Morgan fingerprint density at radius 3 is 2.57 bits per heavy atom. The summed E-state index contributed by atoms with van der Waals surface area (Å²) >= 11 is 7.03. The van der Waals surface area contributed by atoms with Crippen molar-refractivity contribution in [2.75, 3.05) is 19.7 Å². The van der Waals surface area contributed by atoms with Crippen LogP contribution in [0.1, 0.15) is 18.4 Å². The van der Waals surface area contributed by atoms with Crippen LogP contribution in [0.4, 0.5) is 0 Å². The van der Waals surface area contributed by atoms with Crippen molar-refractivity contribution < 1.29 is 17.9 Å². The molecule has 21 heavy (non-hydrogen) atoms. The Labute approximate surface area is 132 Å². The van der Waals surface area contributed by atoms with E-state index >= 15 is 0 Å². The van der Waals surface area contributed by atoms with Crippen molar-refractivity contribution >= 4 is 38.9 Å². The molecule has 3 rings (SSSR count). The molecule has 9 heteroatoms. The lowest BCUT2D eigenvalue weighted by atomic mass is 10.0. The molecule has 0 aliphatic carbocycles. The van der Waals surface area contributed by atoms with Gasteiger partial charge in [0.05, 0.1) is 4.34 Å². The maximum Gasteiger partial charge on any atom is 0.252 e. The van der Waals surface area contributed by atoms with E-state index in [0.717, 1.165) is 16.9 Å². The summed E-state index contributed by atoms with van der Waals surface area (Å²) in [5, 5.41) is 2.79. The maximum atomic E-state index is 12.6. The van der Waals surface area contributed by atoms with Crippen molar-refractivity contribution in [1.82, 2.24) is 9.62 Å². The van der Waals surface area contributed by atoms with Crippen molar-refractivity contribution in [3.8, 4) is 0 Å². The summed E-state index contributed by atoms with van der Waals surface area (Å²) in [5.41, 5.74) is 0.0756. The smallest absolute Gasteiger partial charge is 0.252 e. The summed E-state index contributed by atoms with van der Waals surface area (Å²) in [6, 6.07) is 1.60. The highest BCUT2D eigenvalue weighted by molar-refractivity contribution is 7.91. The number of sulfonamides is 1. The lowest BCUT2D eigenvalue weighted by molar-refractivity contribution is -0.119. The molecule has 0 saturated carbocycles. The van der Waals surface area contributed by atoms with Crippen LogP contribution in [-0.2, 0) is 19.6 Å². The van der Waals surface area contributed by atoms with Crippen molar-refractivity contribution in [1.29, 1.82) is 0 Å². The van der Waals surface area contributed by atoms with Gasteiger partial charge in [-0.3, -0.25) is 4.79 Å². The van der Waals surface area contributed by atoms with E-state index in [0.29, 0.717) is 30.3 Å². The van der Waals surface area contributed by atoms with Crippen molar-refractivity contribution in [2.45, 2.75) is 29.7 Å². The zero-order valence-corrected chi connectivity index (χ0v) is 13.8.